The number of pyridine rings is 1. The average Bonchev–Trinajstić information content (AvgIpc) is 3.12. The lowest BCUT2D eigenvalue weighted by Gasteiger charge is -2.19. The molecule has 168 valence electrons. The first-order valence-corrected chi connectivity index (χ1v) is 10.7. The number of carbonyl (C=O) groups is 3. The van der Waals surface area contributed by atoms with Crippen LogP contribution in [0.25, 0.3) is 10.2 Å². The van der Waals surface area contributed by atoms with Gasteiger partial charge >= 0.3 is 11.9 Å². The molecule has 1 aromatic carbocycles. The third-order valence-corrected chi connectivity index (χ3v) is 5.22. The number of amides is 1. The van der Waals surface area contributed by atoms with Crippen LogP contribution in [-0.4, -0.2) is 42.1 Å². The number of hydrogen-bond acceptors (Lipinski definition) is 8. The van der Waals surface area contributed by atoms with Crippen LogP contribution in [0.1, 0.15) is 46.5 Å². The average molecular weight is 457 g/mol. The number of aromatic nitrogens is 1. The summed E-state index contributed by atoms with van der Waals surface area (Å²) in [4.78, 5) is 41.8. The number of benzene rings is 1. The zero-order valence-electron chi connectivity index (χ0n) is 18.3. The smallest absolute Gasteiger partial charge is 0.351 e. The quantitative estimate of drug-likeness (QED) is 0.540. The van der Waals surface area contributed by atoms with Gasteiger partial charge in [0.05, 0.1) is 24.7 Å². The molecule has 0 unspecified atom stereocenters. The van der Waals surface area contributed by atoms with Crippen molar-refractivity contribution in [1.29, 1.82) is 0 Å². The van der Waals surface area contributed by atoms with Crippen molar-refractivity contribution in [2.75, 3.05) is 13.7 Å². The molecule has 0 saturated carbocycles. The Balaban J connectivity index is 1.79. The molecule has 0 spiro atoms. The molecule has 2 heterocycles. The van der Waals surface area contributed by atoms with E-state index < -0.39 is 17.5 Å². The monoisotopic (exact) mass is 456 g/mol. The van der Waals surface area contributed by atoms with Crippen molar-refractivity contribution in [1.82, 2.24) is 10.3 Å². The Morgan fingerprint density at radius 3 is 2.44 bits per heavy atom. The van der Waals surface area contributed by atoms with E-state index in [4.69, 9.17) is 14.2 Å². The number of rotatable bonds is 7. The van der Waals surface area contributed by atoms with Crippen molar-refractivity contribution >= 4 is 39.4 Å². The summed E-state index contributed by atoms with van der Waals surface area (Å²) in [6.07, 6.45) is 0. The number of thiophene rings is 1. The Bertz CT molecular complexity index is 1130. The predicted molar refractivity (Wildman–Crippen MR) is 120 cm³/mol. The molecule has 0 fully saturated rings. The highest BCUT2D eigenvalue weighted by Gasteiger charge is 2.24. The van der Waals surface area contributed by atoms with Gasteiger partial charge < -0.3 is 19.5 Å². The first-order valence-electron chi connectivity index (χ1n) is 9.86. The zero-order valence-corrected chi connectivity index (χ0v) is 19.1. The van der Waals surface area contributed by atoms with Crippen LogP contribution in [0.2, 0.25) is 0 Å². The fourth-order valence-corrected chi connectivity index (χ4v) is 3.88. The molecule has 1 N–H and O–H groups in total. The van der Waals surface area contributed by atoms with E-state index in [0.29, 0.717) is 21.5 Å². The Kier molecular flexibility index (Phi) is 7.09. The van der Waals surface area contributed by atoms with Gasteiger partial charge in [-0.1, -0.05) is 18.2 Å². The first kappa shape index (κ1) is 23.2. The second-order valence-electron chi connectivity index (χ2n) is 7.83. The predicted octanol–water partition coefficient (Wildman–Crippen LogP) is 3.73. The molecule has 0 aliphatic rings. The van der Waals surface area contributed by atoms with E-state index >= 15 is 0 Å². The largest absolute Gasteiger partial charge is 0.479 e. The van der Waals surface area contributed by atoms with E-state index in [0.717, 1.165) is 11.3 Å². The van der Waals surface area contributed by atoms with E-state index in [2.05, 4.69) is 10.3 Å². The molecule has 0 aliphatic carbocycles. The van der Waals surface area contributed by atoms with Crippen molar-refractivity contribution in [3.8, 4) is 5.75 Å². The molecule has 3 rings (SSSR count). The third kappa shape index (κ3) is 5.82. The fourth-order valence-electron chi connectivity index (χ4n) is 2.83. The van der Waals surface area contributed by atoms with Gasteiger partial charge in [-0.2, -0.15) is 0 Å². The van der Waals surface area contributed by atoms with Gasteiger partial charge in [-0.15, -0.1) is 11.3 Å². The molecule has 0 radical (unpaired) electrons. The van der Waals surface area contributed by atoms with Gasteiger partial charge in [0, 0.05) is 5.56 Å². The maximum absolute atomic E-state index is 12.3. The molecule has 0 atom stereocenters. The third-order valence-electron chi connectivity index (χ3n) is 4.16. The van der Waals surface area contributed by atoms with Crippen molar-refractivity contribution in [3.05, 3.63) is 58.6 Å². The minimum Gasteiger partial charge on any atom is -0.479 e. The van der Waals surface area contributed by atoms with Gasteiger partial charge in [0.25, 0.3) is 5.91 Å². The molecular weight excluding hydrogens is 432 g/mol. The van der Waals surface area contributed by atoms with Crippen LogP contribution in [-0.2, 0) is 20.8 Å². The van der Waals surface area contributed by atoms with Crippen LogP contribution in [0.15, 0.2) is 42.5 Å². The Hall–Kier alpha value is -3.46. The lowest BCUT2D eigenvalue weighted by atomic mass is 10.2. The summed E-state index contributed by atoms with van der Waals surface area (Å²) < 4.78 is 15.7. The molecule has 8 nitrogen and oxygen atoms in total. The molecule has 2 aromatic heterocycles. The number of ether oxygens (including phenoxy) is 3. The van der Waals surface area contributed by atoms with Crippen LogP contribution in [0.3, 0.4) is 0 Å². The topological polar surface area (TPSA) is 104 Å². The molecule has 1 amide bonds. The van der Waals surface area contributed by atoms with Gasteiger partial charge in [-0.05, 0) is 45.0 Å². The number of nitrogens with zero attached hydrogens (tertiary/aromatic N) is 1. The minimum absolute atomic E-state index is 0.198. The van der Waals surface area contributed by atoms with Crippen LogP contribution in [0.4, 0.5) is 0 Å². The van der Waals surface area contributed by atoms with Crippen LogP contribution in [0.5, 0.6) is 5.75 Å². The highest BCUT2D eigenvalue weighted by molar-refractivity contribution is 7.20. The molecule has 9 heteroatoms. The molecule has 3 aromatic rings. The highest BCUT2D eigenvalue weighted by Crippen LogP contribution is 2.37. The maximum atomic E-state index is 12.3. The summed E-state index contributed by atoms with van der Waals surface area (Å²) in [7, 11) is 1.27. The zero-order chi connectivity index (χ0) is 23.3. The Morgan fingerprint density at radius 1 is 1.06 bits per heavy atom. The number of carbonyl (C=O) groups excluding carboxylic acids is 3. The van der Waals surface area contributed by atoms with E-state index in [1.165, 1.54) is 7.11 Å². The van der Waals surface area contributed by atoms with E-state index in [9.17, 15) is 14.4 Å². The minimum atomic E-state index is -0.650. The first-order chi connectivity index (χ1) is 15.2. The second-order valence-corrected chi connectivity index (χ2v) is 8.83. The van der Waals surface area contributed by atoms with Crippen LogP contribution >= 0.6 is 11.3 Å². The lowest BCUT2D eigenvalue weighted by molar-refractivity contribution is -0.157. The molecule has 0 aliphatic heterocycles. The van der Waals surface area contributed by atoms with E-state index in [-0.39, 0.29) is 29.7 Å². The van der Waals surface area contributed by atoms with Crippen molar-refractivity contribution in [2.24, 2.45) is 0 Å². The highest BCUT2D eigenvalue weighted by atomic mass is 32.1. The van der Waals surface area contributed by atoms with Gasteiger partial charge in [0.1, 0.15) is 10.4 Å². The Labute approximate surface area is 189 Å². The van der Waals surface area contributed by atoms with Crippen molar-refractivity contribution in [2.45, 2.75) is 32.9 Å². The fraction of sp³-hybridized carbons (Fsp3) is 0.304. The van der Waals surface area contributed by atoms with E-state index in [1.54, 1.807) is 57.2 Å². The summed E-state index contributed by atoms with van der Waals surface area (Å²) in [5, 5.41) is 3.38. The van der Waals surface area contributed by atoms with Crippen LogP contribution in [0, 0.1) is 0 Å². The Morgan fingerprint density at radius 2 is 1.78 bits per heavy atom. The summed E-state index contributed by atoms with van der Waals surface area (Å²) in [5.74, 6) is -1.14. The normalized spacial score (nSPS) is 11.1. The number of hydrogen-bond donors (Lipinski definition) is 1. The second kappa shape index (κ2) is 9.78. The standard InChI is InChI=1S/C23H24N2O6S/c1-23(2,3)31-17(26)13-30-18-16-11-10-15(25-21(16)32-19(18)22(28)29-4)12-24-20(27)14-8-6-5-7-9-14/h5-11H,12-13H2,1-4H3,(H,24,27). The molecule has 0 bridgehead atoms. The van der Waals surface area contributed by atoms with Crippen molar-refractivity contribution < 1.29 is 28.6 Å². The van der Waals surface area contributed by atoms with Gasteiger partial charge in [-0.25, -0.2) is 14.6 Å². The van der Waals surface area contributed by atoms with Crippen LogP contribution < -0.4 is 10.1 Å². The molecule has 0 saturated heterocycles. The van der Waals surface area contributed by atoms with Gasteiger partial charge in [-0.3, -0.25) is 4.79 Å². The number of fused-ring (bicyclic) bond motifs is 1. The SMILES string of the molecule is COC(=O)c1sc2nc(CNC(=O)c3ccccc3)ccc2c1OCC(=O)OC(C)(C)C. The summed E-state index contributed by atoms with van der Waals surface area (Å²) in [6.45, 7) is 5.12. The summed E-state index contributed by atoms with van der Waals surface area (Å²) in [5.41, 5.74) is 0.511. The lowest BCUT2D eigenvalue weighted by Crippen LogP contribution is -2.27. The van der Waals surface area contributed by atoms with Crippen molar-refractivity contribution in [3.63, 3.8) is 0 Å². The molecule has 32 heavy (non-hydrogen) atoms. The number of esters is 2. The summed E-state index contributed by atoms with van der Waals surface area (Å²) in [6, 6.07) is 12.3. The van der Waals surface area contributed by atoms with E-state index in [1.807, 2.05) is 6.07 Å². The van der Waals surface area contributed by atoms with Gasteiger partial charge in [0.15, 0.2) is 17.2 Å². The maximum Gasteiger partial charge on any atom is 0.351 e. The number of nitrogens with one attached hydrogen (secondary N) is 1. The summed E-state index contributed by atoms with van der Waals surface area (Å²) >= 11 is 1.09. The molecular formula is C23H24N2O6S. The van der Waals surface area contributed by atoms with Gasteiger partial charge in [0.2, 0.25) is 0 Å². The number of methoxy groups -OCH3 is 1.